The van der Waals surface area contributed by atoms with E-state index in [0.717, 1.165) is 19.3 Å². The average Bonchev–Trinajstić information content (AvgIpc) is 2.52. The molecule has 11 heavy (non-hydrogen) atoms. The summed E-state index contributed by atoms with van der Waals surface area (Å²) in [5, 5.41) is 3.22. The molecule has 0 fully saturated rings. The fraction of sp³-hybridized carbons (Fsp3) is 0.600. The zero-order valence-electron chi connectivity index (χ0n) is 7.33. The van der Waals surface area contributed by atoms with Crippen LogP contribution in [0.15, 0.2) is 11.3 Å². The molecule has 60 valence electrons. The first kappa shape index (κ1) is 8.20. The Morgan fingerprint density at radius 2 is 2.45 bits per heavy atom. The first-order valence-electron chi connectivity index (χ1n) is 4.27. The molecule has 0 bridgehead atoms. The van der Waals surface area contributed by atoms with Crippen LogP contribution in [-0.4, -0.2) is 7.05 Å². The predicted octanol–water partition coefficient (Wildman–Crippen LogP) is 2.06. The lowest BCUT2D eigenvalue weighted by molar-refractivity contribution is 0.795. The Labute approximate surface area is 68.9 Å². The number of hydrogen-bond donors (Lipinski definition) is 1. The van der Waals surface area contributed by atoms with E-state index in [0.29, 0.717) is 0 Å². The molecule has 1 heteroatoms. The Bertz CT molecular complexity index is 215. The van der Waals surface area contributed by atoms with Crippen LogP contribution in [0.25, 0.3) is 0 Å². The van der Waals surface area contributed by atoms with Gasteiger partial charge < -0.3 is 5.32 Å². The fourth-order valence-electron chi connectivity index (χ4n) is 1.32. The third-order valence-electron chi connectivity index (χ3n) is 1.91. The number of nitrogens with one attached hydrogen (secondary N) is 1. The van der Waals surface area contributed by atoms with Crippen LogP contribution in [0.2, 0.25) is 0 Å². The summed E-state index contributed by atoms with van der Waals surface area (Å²) in [6.45, 7) is 2.19. The summed E-state index contributed by atoms with van der Waals surface area (Å²) in [5.41, 5.74) is 2.67. The third-order valence-corrected chi connectivity index (χ3v) is 1.91. The standard InChI is InChI=1S/C10H15N/c1-3-6-10(11-2)9-7-4-5-8-9/h11H,3-4,6-7H2,1-2H3/b10-9-. The monoisotopic (exact) mass is 149 g/mol. The van der Waals surface area contributed by atoms with Gasteiger partial charge in [0, 0.05) is 24.7 Å². The van der Waals surface area contributed by atoms with Crippen LogP contribution >= 0.6 is 0 Å². The Hall–Kier alpha value is -0.900. The molecule has 0 spiro atoms. The van der Waals surface area contributed by atoms with E-state index in [1.807, 2.05) is 7.05 Å². The van der Waals surface area contributed by atoms with Gasteiger partial charge in [0.15, 0.2) is 0 Å². The van der Waals surface area contributed by atoms with Crippen molar-refractivity contribution >= 4 is 0 Å². The molecule has 0 radical (unpaired) electrons. The van der Waals surface area contributed by atoms with E-state index in [2.05, 4.69) is 24.1 Å². The molecule has 1 aliphatic rings. The zero-order valence-corrected chi connectivity index (χ0v) is 7.33. The van der Waals surface area contributed by atoms with Gasteiger partial charge in [-0.25, -0.2) is 0 Å². The SMILES string of the molecule is CCC/C(NC)=C1/C#CCC1. The molecule has 0 aliphatic heterocycles. The van der Waals surface area contributed by atoms with Crippen LogP contribution in [-0.2, 0) is 0 Å². The Morgan fingerprint density at radius 3 is 2.91 bits per heavy atom. The lowest BCUT2D eigenvalue weighted by Crippen LogP contribution is -2.07. The van der Waals surface area contributed by atoms with Crippen LogP contribution in [0.5, 0.6) is 0 Å². The van der Waals surface area contributed by atoms with Gasteiger partial charge in [0.25, 0.3) is 0 Å². The number of allylic oxidation sites excluding steroid dienone is 2. The maximum atomic E-state index is 3.22. The molecular weight excluding hydrogens is 134 g/mol. The summed E-state index contributed by atoms with van der Waals surface area (Å²) < 4.78 is 0. The second-order valence-electron chi connectivity index (χ2n) is 2.76. The number of hydrogen-bond acceptors (Lipinski definition) is 1. The summed E-state index contributed by atoms with van der Waals surface area (Å²) in [7, 11) is 1.98. The molecule has 0 amide bonds. The van der Waals surface area contributed by atoms with Crippen LogP contribution in [0, 0.1) is 11.8 Å². The van der Waals surface area contributed by atoms with Gasteiger partial charge in [-0.05, 0) is 12.8 Å². The van der Waals surface area contributed by atoms with Gasteiger partial charge in [-0.15, -0.1) is 0 Å². The highest BCUT2D eigenvalue weighted by atomic mass is 14.8. The fourth-order valence-corrected chi connectivity index (χ4v) is 1.32. The predicted molar refractivity (Wildman–Crippen MR) is 48.0 cm³/mol. The molecule has 0 heterocycles. The molecule has 0 atom stereocenters. The van der Waals surface area contributed by atoms with E-state index in [1.54, 1.807) is 0 Å². The van der Waals surface area contributed by atoms with E-state index in [-0.39, 0.29) is 0 Å². The summed E-state index contributed by atoms with van der Waals surface area (Å²) >= 11 is 0. The van der Waals surface area contributed by atoms with Gasteiger partial charge in [-0.3, -0.25) is 0 Å². The largest absolute Gasteiger partial charge is 0.391 e. The lowest BCUT2D eigenvalue weighted by Gasteiger charge is -2.06. The van der Waals surface area contributed by atoms with Crippen molar-refractivity contribution in [3.05, 3.63) is 11.3 Å². The second kappa shape index (κ2) is 4.08. The van der Waals surface area contributed by atoms with E-state index in [9.17, 15) is 0 Å². The maximum absolute atomic E-state index is 3.22. The minimum absolute atomic E-state index is 1.05. The first-order valence-corrected chi connectivity index (χ1v) is 4.27. The molecule has 0 aromatic heterocycles. The van der Waals surface area contributed by atoms with Gasteiger partial charge in [-0.2, -0.15) is 0 Å². The minimum atomic E-state index is 1.05. The van der Waals surface area contributed by atoms with Crippen molar-refractivity contribution in [2.24, 2.45) is 0 Å². The molecule has 0 saturated heterocycles. The second-order valence-corrected chi connectivity index (χ2v) is 2.76. The summed E-state index contributed by atoms with van der Waals surface area (Å²) in [4.78, 5) is 0. The lowest BCUT2D eigenvalue weighted by atomic mass is 10.1. The molecule has 1 N–H and O–H groups in total. The summed E-state index contributed by atoms with van der Waals surface area (Å²) in [6.07, 6.45) is 4.50. The zero-order chi connectivity index (χ0) is 8.10. The van der Waals surface area contributed by atoms with Crippen molar-refractivity contribution < 1.29 is 0 Å². The molecular formula is C10H15N. The van der Waals surface area contributed by atoms with Crippen LogP contribution < -0.4 is 5.32 Å². The quantitative estimate of drug-likeness (QED) is 0.606. The summed E-state index contributed by atoms with van der Waals surface area (Å²) in [6, 6.07) is 0. The highest BCUT2D eigenvalue weighted by Crippen LogP contribution is 2.16. The minimum Gasteiger partial charge on any atom is -0.391 e. The topological polar surface area (TPSA) is 12.0 Å². The molecule has 0 aromatic carbocycles. The summed E-state index contributed by atoms with van der Waals surface area (Å²) in [5.74, 6) is 6.26. The van der Waals surface area contributed by atoms with Gasteiger partial charge in [0.2, 0.25) is 0 Å². The van der Waals surface area contributed by atoms with Crippen molar-refractivity contribution in [1.29, 1.82) is 0 Å². The normalized spacial score (nSPS) is 19.1. The first-order chi connectivity index (χ1) is 5.38. The van der Waals surface area contributed by atoms with E-state index < -0.39 is 0 Å². The molecule has 0 saturated carbocycles. The van der Waals surface area contributed by atoms with Crippen LogP contribution in [0.1, 0.15) is 32.6 Å². The molecule has 1 aliphatic carbocycles. The molecule has 0 aromatic rings. The third kappa shape index (κ3) is 2.01. The van der Waals surface area contributed by atoms with Gasteiger partial charge in [-0.1, -0.05) is 25.2 Å². The van der Waals surface area contributed by atoms with Crippen molar-refractivity contribution in [1.82, 2.24) is 5.32 Å². The van der Waals surface area contributed by atoms with E-state index in [1.165, 1.54) is 17.7 Å². The average molecular weight is 149 g/mol. The van der Waals surface area contributed by atoms with Crippen molar-refractivity contribution in [3.63, 3.8) is 0 Å². The number of rotatable bonds is 3. The highest BCUT2D eigenvalue weighted by Gasteiger charge is 2.04. The Kier molecular flexibility index (Phi) is 3.04. The molecule has 0 unspecified atom stereocenters. The van der Waals surface area contributed by atoms with Gasteiger partial charge in [0.05, 0.1) is 0 Å². The van der Waals surface area contributed by atoms with Crippen LogP contribution in [0.4, 0.5) is 0 Å². The maximum Gasteiger partial charge on any atom is 0.0222 e. The smallest absolute Gasteiger partial charge is 0.0222 e. The van der Waals surface area contributed by atoms with Crippen molar-refractivity contribution in [3.8, 4) is 11.8 Å². The van der Waals surface area contributed by atoms with Crippen molar-refractivity contribution in [2.45, 2.75) is 32.6 Å². The molecule has 1 nitrogen and oxygen atoms in total. The van der Waals surface area contributed by atoms with Gasteiger partial charge in [0.1, 0.15) is 0 Å². The Morgan fingerprint density at radius 1 is 1.64 bits per heavy atom. The van der Waals surface area contributed by atoms with E-state index in [4.69, 9.17) is 0 Å². The van der Waals surface area contributed by atoms with Gasteiger partial charge >= 0.3 is 0 Å². The van der Waals surface area contributed by atoms with E-state index >= 15 is 0 Å². The Balaban J connectivity index is 2.66. The highest BCUT2D eigenvalue weighted by molar-refractivity contribution is 5.37. The van der Waals surface area contributed by atoms with Crippen molar-refractivity contribution in [2.75, 3.05) is 7.05 Å². The van der Waals surface area contributed by atoms with Crippen LogP contribution in [0.3, 0.4) is 0 Å². The molecule has 1 rings (SSSR count).